The Morgan fingerprint density at radius 1 is 1.35 bits per heavy atom. The van der Waals surface area contributed by atoms with Crippen molar-refractivity contribution in [2.24, 2.45) is 0 Å². The van der Waals surface area contributed by atoms with E-state index in [0.29, 0.717) is 23.6 Å². The normalized spacial score (nSPS) is 11.0. The van der Waals surface area contributed by atoms with E-state index in [4.69, 9.17) is 4.52 Å². The van der Waals surface area contributed by atoms with E-state index in [1.165, 1.54) is 0 Å². The van der Waals surface area contributed by atoms with Gasteiger partial charge in [0.15, 0.2) is 0 Å². The van der Waals surface area contributed by atoms with Gasteiger partial charge in [-0.05, 0) is 32.1 Å². The number of carbonyl (C=O) groups excluding carboxylic acids is 1. The minimum absolute atomic E-state index is 0.147. The number of benzene rings is 1. The van der Waals surface area contributed by atoms with Gasteiger partial charge in [-0.25, -0.2) is 0 Å². The average molecular weight is 380 g/mol. The molecule has 0 saturated heterocycles. The van der Waals surface area contributed by atoms with E-state index in [1.54, 1.807) is 6.92 Å². The second kappa shape index (κ2) is 8.26. The van der Waals surface area contributed by atoms with Gasteiger partial charge < -0.3 is 14.7 Å². The van der Waals surface area contributed by atoms with Gasteiger partial charge in [0.05, 0.1) is 0 Å². The predicted octanol–water partition coefficient (Wildman–Crippen LogP) is 3.48. The average Bonchev–Trinajstić information content (AvgIpc) is 2.93. The summed E-state index contributed by atoms with van der Waals surface area (Å²) < 4.78 is 6.18. The van der Waals surface area contributed by atoms with E-state index in [2.05, 4.69) is 45.2 Å². The summed E-state index contributed by atoms with van der Waals surface area (Å²) in [4.78, 5) is 14.8. The van der Waals surface area contributed by atoms with Crippen LogP contribution in [-0.2, 0) is 0 Å². The van der Waals surface area contributed by atoms with Crippen LogP contribution in [0.5, 0.6) is 0 Å². The van der Waals surface area contributed by atoms with Crippen LogP contribution in [0.3, 0.4) is 0 Å². The number of hydrogen-bond acceptors (Lipinski definition) is 4. The molecular formula is C17H22BrN3O2. The Balaban J connectivity index is 2.13. The van der Waals surface area contributed by atoms with Crippen LogP contribution in [0.2, 0.25) is 0 Å². The van der Waals surface area contributed by atoms with Crippen molar-refractivity contribution in [1.82, 2.24) is 15.4 Å². The first-order chi connectivity index (χ1) is 11.1. The third-order valence-electron chi connectivity index (χ3n) is 3.80. The standard InChI is InChI=1S/C17H22BrN3O2/c1-4-21(5-2)10-9-19-17(22)15-12(3)23-20-16(15)13-7-6-8-14(18)11-13/h6-8,11H,4-5,9-10H2,1-3H3,(H,19,22). The van der Waals surface area contributed by atoms with Gasteiger partial charge >= 0.3 is 0 Å². The molecule has 6 heteroatoms. The zero-order valence-corrected chi connectivity index (χ0v) is 15.3. The Labute approximate surface area is 145 Å². The highest BCUT2D eigenvalue weighted by atomic mass is 79.9. The number of nitrogens with one attached hydrogen (secondary N) is 1. The third-order valence-corrected chi connectivity index (χ3v) is 4.29. The van der Waals surface area contributed by atoms with E-state index in [-0.39, 0.29) is 5.91 Å². The lowest BCUT2D eigenvalue weighted by Gasteiger charge is -2.17. The lowest BCUT2D eigenvalue weighted by molar-refractivity contribution is 0.0948. The second-order valence-electron chi connectivity index (χ2n) is 5.26. The number of amides is 1. The van der Waals surface area contributed by atoms with Gasteiger partial charge in [-0.1, -0.05) is 47.1 Å². The number of rotatable bonds is 7. The number of hydrogen-bond donors (Lipinski definition) is 1. The van der Waals surface area contributed by atoms with Crippen LogP contribution >= 0.6 is 15.9 Å². The van der Waals surface area contributed by atoms with Crippen molar-refractivity contribution in [1.29, 1.82) is 0 Å². The molecule has 0 aliphatic carbocycles. The Kier molecular flexibility index (Phi) is 6.36. The Hall–Kier alpha value is -1.66. The molecule has 0 aliphatic rings. The number of carbonyl (C=O) groups is 1. The van der Waals surface area contributed by atoms with Gasteiger partial charge in [0.1, 0.15) is 17.0 Å². The predicted molar refractivity (Wildman–Crippen MR) is 94.5 cm³/mol. The van der Waals surface area contributed by atoms with Crippen LogP contribution in [0.25, 0.3) is 11.3 Å². The van der Waals surface area contributed by atoms with Crippen molar-refractivity contribution in [2.75, 3.05) is 26.2 Å². The van der Waals surface area contributed by atoms with E-state index in [0.717, 1.165) is 29.7 Å². The second-order valence-corrected chi connectivity index (χ2v) is 6.17. The Morgan fingerprint density at radius 2 is 2.09 bits per heavy atom. The summed E-state index contributed by atoms with van der Waals surface area (Å²) in [5.74, 6) is 0.381. The molecule has 0 aliphatic heterocycles. The highest BCUT2D eigenvalue weighted by Crippen LogP contribution is 2.27. The molecule has 23 heavy (non-hydrogen) atoms. The zero-order chi connectivity index (χ0) is 16.8. The molecule has 2 rings (SSSR count). The summed E-state index contributed by atoms with van der Waals surface area (Å²) in [5.41, 5.74) is 1.93. The molecule has 0 spiro atoms. The molecule has 0 unspecified atom stereocenters. The minimum atomic E-state index is -0.147. The number of aryl methyl sites for hydroxylation is 1. The molecule has 0 radical (unpaired) electrons. The highest BCUT2D eigenvalue weighted by molar-refractivity contribution is 9.10. The van der Waals surface area contributed by atoms with Gasteiger partial charge in [0.25, 0.3) is 5.91 Å². The largest absolute Gasteiger partial charge is 0.360 e. The van der Waals surface area contributed by atoms with Gasteiger partial charge in [-0.2, -0.15) is 0 Å². The zero-order valence-electron chi connectivity index (χ0n) is 13.7. The van der Waals surface area contributed by atoms with E-state index in [9.17, 15) is 4.79 Å². The molecule has 0 saturated carbocycles. The fourth-order valence-electron chi connectivity index (χ4n) is 2.43. The first kappa shape index (κ1) is 17.7. The fourth-order valence-corrected chi connectivity index (χ4v) is 2.83. The van der Waals surface area contributed by atoms with Crippen LogP contribution in [0.4, 0.5) is 0 Å². The smallest absolute Gasteiger partial charge is 0.257 e. The van der Waals surface area contributed by atoms with E-state index >= 15 is 0 Å². The lowest BCUT2D eigenvalue weighted by Crippen LogP contribution is -2.35. The topological polar surface area (TPSA) is 58.4 Å². The van der Waals surface area contributed by atoms with Gasteiger partial charge in [-0.3, -0.25) is 4.79 Å². The van der Waals surface area contributed by atoms with Crippen molar-refractivity contribution in [3.8, 4) is 11.3 Å². The van der Waals surface area contributed by atoms with Crippen molar-refractivity contribution in [3.63, 3.8) is 0 Å². The van der Waals surface area contributed by atoms with Gasteiger partial charge in [-0.15, -0.1) is 0 Å². The molecule has 0 atom stereocenters. The van der Waals surface area contributed by atoms with Crippen molar-refractivity contribution < 1.29 is 9.32 Å². The fraction of sp³-hybridized carbons (Fsp3) is 0.412. The first-order valence-electron chi connectivity index (χ1n) is 7.79. The summed E-state index contributed by atoms with van der Waals surface area (Å²) in [6.07, 6.45) is 0. The number of aromatic nitrogens is 1. The van der Waals surface area contributed by atoms with Gasteiger partial charge in [0, 0.05) is 23.1 Å². The molecule has 0 fully saturated rings. The number of nitrogens with zero attached hydrogens (tertiary/aromatic N) is 2. The highest BCUT2D eigenvalue weighted by Gasteiger charge is 2.21. The van der Waals surface area contributed by atoms with Crippen LogP contribution in [0, 0.1) is 6.92 Å². The molecule has 1 amide bonds. The summed E-state index contributed by atoms with van der Waals surface area (Å²) in [5, 5.41) is 7.01. The minimum Gasteiger partial charge on any atom is -0.360 e. The van der Waals surface area contributed by atoms with Crippen LogP contribution < -0.4 is 5.32 Å². The van der Waals surface area contributed by atoms with Crippen molar-refractivity contribution in [2.45, 2.75) is 20.8 Å². The quantitative estimate of drug-likeness (QED) is 0.799. The molecule has 0 bridgehead atoms. The van der Waals surface area contributed by atoms with Crippen LogP contribution in [0.15, 0.2) is 33.3 Å². The molecule has 1 heterocycles. The maximum atomic E-state index is 12.5. The molecule has 1 N–H and O–H groups in total. The van der Waals surface area contributed by atoms with E-state index in [1.807, 2.05) is 24.3 Å². The molecule has 2 aromatic rings. The lowest BCUT2D eigenvalue weighted by atomic mass is 10.1. The maximum absolute atomic E-state index is 12.5. The molecular weight excluding hydrogens is 358 g/mol. The van der Waals surface area contributed by atoms with Crippen LogP contribution in [0.1, 0.15) is 30.0 Å². The summed E-state index contributed by atoms with van der Waals surface area (Å²) >= 11 is 3.44. The monoisotopic (exact) mass is 379 g/mol. The Bertz CT molecular complexity index is 666. The Morgan fingerprint density at radius 3 is 2.74 bits per heavy atom. The molecule has 1 aromatic heterocycles. The summed E-state index contributed by atoms with van der Waals surface area (Å²) in [7, 11) is 0. The summed E-state index contributed by atoms with van der Waals surface area (Å²) in [6, 6.07) is 7.67. The first-order valence-corrected chi connectivity index (χ1v) is 8.58. The maximum Gasteiger partial charge on any atom is 0.257 e. The SMILES string of the molecule is CCN(CC)CCNC(=O)c1c(-c2cccc(Br)c2)noc1C. The number of halogens is 1. The van der Waals surface area contributed by atoms with Crippen LogP contribution in [-0.4, -0.2) is 42.1 Å². The third kappa shape index (κ3) is 4.42. The van der Waals surface area contributed by atoms with Crippen molar-refractivity contribution in [3.05, 3.63) is 40.1 Å². The molecule has 124 valence electrons. The van der Waals surface area contributed by atoms with E-state index < -0.39 is 0 Å². The summed E-state index contributed by atoms with van der Waals surface area (Å²) in [6.45, 7) is 9.36. The molecule has 1 aromatic carbocycles. The molecule has 5 nitrogen and oxygen atoms in total. The van der Waals surface area contributed by atoms with Crippen molar-refractivity contribution >= 4 is 21.8 Å². The van der Waals surface area contributed by atoms with Gasteiger partial charge in [0.2, 0.25) is 0 Å². The number of likely N-dealkylation sites (N-methyl/N-ethyl adjacent to an activating group) is 1.